The summed E-state index contributed by atoms with van der Waals surface area (Å²) in [4.78, 5) is 11.7. The quantitative estimate of drug-likeness (QED) is 0.800. The summed E-state index contributed by atoms with van der Waals surface area (Å²) < 4.78 is 3.07. The zero-order valence-electron chi connectivity index (χ0n) is 10.6. The summed E-state index contributed by atoms with van der Waals surface area (Å²) in [5, 5.41) is 14.9. The molecule has 0 fully saturated rings. The normalized spacial score (nSPS) is 10.6. The molecule has 0 spiro atoms. The van der Waals surface area contributed by atoms with E-state index >= 15 is 0 Å². The van der Waals surface area contributed by atoms with Gasteiger partial charge < -0.3 is 5.32 Å². The number of nitrogens with zero attached hydrogens (tertiary/aromatic N) is 5. The number of halogens is 1. The van der Waals surface area contributed by atoms with Crippen molar-refractivity contribution in [3.63, 3.8) is 0 Å². The highest BCUT2D eigenvalue weighted by atomic mass is 35.5. The average molecular weight is 283 g/mol. The van der Waals surface area contributed by atoms with E-state index in [-0.39, 0.29) is 10.6 Å². The third-order valence-corrected chi connectivity index (χ3v) is 3.00. The van der Waals surface area contributed by atoms with Gasteiger partial charge in [-0.1, -0.05) is 16.8 Å². The van der Waals surface area contributed by atoms with Crippen molar-refractivity contribution in [3.8, 4) is 0 Å². The van der Waals surface area contributed by atoms with Crippen molar-refractivity contribution in [1.82, 2.24) is 24.8 Å². The molecule has 0 saturated heterocycles. The molecule has 0 radical (unpaired) electrons. The molecule has 2 aromatic heterocycles. The maximum atomic E-state index is 11.7. The summed E-state index contributed by atoms with van der Waals surface area (Å²) in [5.41, 5.74) is 0.292. The van der Waals surface area contributed by atoms with E-state index in [9.17, 15) is 4.79 Å². The van der Waals surface area contributed by atoms with Crippen LogP contribution >= 0.6 is 11.6 Å². The molecule has 0 unspecified atom stereocenters. The third-order valence-electron chi connectivity index (χ3n) is 2.64. The standard InChI is InChI=1S/C11H15ClN6O/c1-2-18-11(19)10(12)9(8-15-18)13-4-3-6-17-7-5-14-16-17/h5,7-8,13H,2-4,6H2,1H3. The number of rotatable bonds is 6. The highest BCUT2D eigenvalue weighted by molar-refractivity contribution is 6.32. The van der Waals surface area contributed by atoms with Gasteiger partial charge in [0.05, 0.1) is 18.1 Å². The molecule has 102 valence electrons. The smallest absolute Gasteiger partial charge is 0.287 e. The lowest BCUT2D eigenvalue weighted by molar-refractivity contribution is 0.569. The van der Waals surface area contributed by atoms with Gasteiger partial charge in [-0.25, -0.2) is 4.68 Å². The molecular formula is C11H15ClN6O. The number of anilines is 1. The zero-order valence-corrected chi connectivity index (χ0v) is 11.3. The van der Waals surface area contributed by atoms with E-state index in [4.69, 9.17) is 11.6 Å². The minimum atomic E-state index is -0.273. The Labute approximate surface area is 115 Å². The molecule has 0 aliphatic heterocycles. The van der Waals surface area contributed by atoms with Gasteiger partial charge in [-0.15, -0.1) is 5.10 Å². The first kappa shape index (κ1) is 13.5. The molecule has 19 heavy (non-hydrogen) atoms. The van der Waals surface area contributed by atoms with E-state index in [1.807, 2.05) is 6.92 Å². The molecule has 8 heteroatoms. The van der Waals surface area contributed by atoms with Crippen LogP contribution in [0.25, 0.3) is 0 Å². The molecule has 0 atom stereocenters. The zero-order chi connectivity index (χ0) is 13.7. The van der Waals surface area contributed by atoms with Crippen LogP contribution in [0.15, 0.2) is 23.4 Å². The summed E-state index contributed by atoms with van der Waals surface area (Å²) in [6, 6.07) is 0. The molecule has 2 rings (SSSR count). The minimum absolute atomic E-state index is 0.178. The van der Waals surface area contributed by atoms with E-state index in [1.54, 1.807) is 23.3 Å². The van der Waals surface area contributed by atoms with E-state index < -0.39 is 0 Å². The number of hydrogen-bond acceptors (Lipinski definition) is 5. The van der Waals surface area contributed by atoms with Crippen LogP contribution in [0.1, 0.15) is 13.3 Å². The lowest BCUT2D eigenvalue weighted by atomic mass is 10.4. The summed E-state index contributed by atoms with van der Waals surface area (Å²) >= 11 is 5.99. The molecule has 1 N–H and O–H groups in total. The highest BCUT2D eigenvalue weighted by Crippen LogP contribution is 2.14. The van der Waals surface area contributed by atoms with Crippen molar-refractivity contribution in [1.29, 1.82) is 0 Å². The van der Waals surface area contributed by atoms with Crippen molar-refractivity contribution >= 4 is 17.3 Å². The number of hydrogen-bond donors (Lipinski definition) is 1. The Kier molecular flexibility index (Phi) is 4.51. The summed E-state index contributed by atoms with van der Waals surface area (Å²) in [6.45, 7) is 3.78. The van der Waals surface area contributed by atoms with Crippen molar-refractivity contribution < 1.29 is 0 Å². The lowest BCUT2D eigenvalue weighted by Gasteiger charge is -2.09. The molecule has 2 aromatic rings. The SMILES string of the molecule is CCn1ncc(NCCCn2ccnn2)c(Cl)c1=O. The van der Waals surface area contributed by atoms with Gasteiger partial charge in [0.1, 0.15) is 5.02 Å². The predicted octanol–water partition coefficient (Wildman–Crippen LogP) is 1.01. The number of aryl methyl sites for hydroxylation is 2. The van der Waals surface area contributed by atoms with Gasteiger partial charge in [0.25, 0.3) is 5.56 Å². The van der Waals surface area contributed by atoms with Crippen LogP contribution in [0.3, 0.4) is 0 Å². The average Bonchev–Trinajstić information content (AvgIpc) is 2.92. The number of aromatic nitrogens is 5. The van der Waals surface area contributed by atoms with Crippen LogP contribution in [0.4, 0.5) is 5.69 Å². The molecular weight excluding hydrogens is 268 g/mol. The van der Waals surface area contributed by atoms with E-state index in [0.717, 1.165) is 13.0 Å². The van der Waals surface area contributed by atoms with Crippen LogP contribution in [-0.2, 0) is 13.1 Å². The van der Waals surface area contributed by atoms with Crippen molar-refractivity contribution in [2.24, 2.45) is 0 Å². The van der Waals surface area contributed by atoms with E-state index in [2.05, 4.69) is 20.7 Å². The first-order chi connectivity index (χ1) is 9.22. The second-order valence-corrected chi connectivity index (χ2v) is 4.32. The minimum Gasteiger partial charge on any atom is -0.382 e. The fourth-order valence-electron chi connectivity index (χ4n) is 1.63. The molecule has 2 heterocycles. The van der Waals surface area contributed by atoms with Crippen LogP contribution in [-0.4, -0.2) is 31.3 Å². The fourth-order valence-corrected chi connectivity index (χ4v) is 1.84. The Bertz CT molecular complexity index is 579. The van der Waals surface area contributed by atoms with E-state index in [0.29, 0.717) is 18.8 Å². The van der Waals surface area contributed by atoms with Crippen molar-refractivity contribution in [2.45, 2.75) is 26.4 Å². The third kappa shape index (κ3) is 3.31. The topological polar surface area (TPSA) is 77.6 Å². The fraction of sp³-hybridized carbons (Fsp3) is 0.455. The Morgan fingerprint density at radius 2 is 2.32 bits per heavy atom. The van der Waals surface area contributed by atoms with Crippen LogP contribution in [0.5, 0.6) is 0 Å². The van der Waals surface area contributed by atoms with Gasteiger partial charge in [-0.2, -0.15) is 5.10 Å². The summed E-state index contributed by atoms with van der Waals surface area (Å²) in [6.07, 6.45) is 5.86. The van der Waals surface area contributed by atoms with Gasteiger partial charge in [0, 0.05) is 25.8 Å². The largest absolute Gasteiger partial charge is 0.382 e. The van der Waals surface area contributed by atoms with Crippen molar-refractivity contribution in [3.05, 3.63) is 34.0 Å². The molecule has 0 aliphatic rings. The summed E-state index contributed by atoms with van der Waals surface area (Å²) in [5.74, 6) is 0. The molecule has 0 amide bonds. The predicted molar refractivity (Wildman–Crippen MR) is 72.3 cm³/mol. The monoisotopic (exact) mass is 282 g/mol. The first-order valence-electron chi connectivity index (χ1n) is 6.06. The van der Waals surface area contributed by atoms with Crippen molar-refractivity contribution in [2.75, 3.05) is 11.9 Å². The van der Waals surface area contributed by atoms with Gasteiger partial charge in [-0.3, -0.25) is 9.48 Å². The lowest BCUT2D eigenvalue weighted by Crippen LogP contribution is -2.23. The maximum Gasteiger partial charge on any atom is 0.287 e. The number of nitrogens with one attached hydrogen (secondary N) is 1. The molecule has 0 aliphatic carbocycles. The van der Waals surface area contributed by atoms with Crippen LogP contribution in [0, 0.1) is 0 Å². The Morgan fingerprint density at radius 3 is 3.00 bits per heavy atom. The van der Waals surface area contributed by atoms with Gasteiger partial charge >= 0.3 is 0 Å². The van der Waals surface area contributed by atoms with Gasteiger partial charge in [0.2, 0.25) is 0 Å². The second-order valence-electron chi connectivity index (χ2n) is 3.94. The molecule has 0 saturated carbocycles. The molecule has 0 bridgehead atoms. The highest BCUT2D eigenvalue weighted by Gasteiger charge is 2.07. The van der Waals surface area contributed by atoms with Gasteiger partial charge in [0.15, 0.2) is 0 Å². The Balaban J connectivity index is 1.89. The molecule has 7 nitrogen and oxygen atoms in total. The Morgan fingerprint density at radius 1 is 1.47 bits per heavy atom. The maximum absolute atomic E-state index is 11.7. The first-order valence-corrected chi connectivity index (χ1v) is 6.43. The second kappa shape index (κ2) is 6.33. The summed E-state index contributed by atoms with van der Waals surface area (Å²) in [7, 11) is 0. The van der Waals surface area contributed by atoms with Gasteiger partial charge in [-0.05, 0) is 13.3 Å². The van der Waals surface area contributed by atoms with Crippen LogP contribution < -0.4 is 10.9 Å². The van der Waals surface area contributed by atoms with Crippen LogP contribution in [0.2, 0.25) is 5.02 Å². The molecule has 0 aromatic carbocycles. The Hall–Kier alpha value is -1.89. The van der Waals surface area contributed by atoms with E-state index in [1.165, 1.54) is 4.68 Å².